The van der Waals surface area contributed by atoms with Crippen LogP contribution < -0.4 is 16.4 Å². The van der Waals surface area contributed by atoms with E-state index in [0.717, 1.165) is 30.6 Å². The first-order valence-electron chi connectivity index (χ1n) is 6.67. The molecular formula is C14H15ClN4OS. The molecule has 1 aliphatic carbocycles. The van der Waals surface area contributed by atoms with E-state index < -0.39 is 0 Å². The summed E-state index contributed by atoms with van der Waals surface area (Å²) in [5.74, 6) is 0. The van der Waals surface area contributed by atoms with Gasteiger partial charge in [-0.05, 0) is 37.1 Å². The molecule has 0 unspecified atom stereocenters. The van der Waals surface area contributed by atoms with Crippen LogP contribution in [0.25, 0.3) is 0 Å². The van der Waals surface area contributed by atoms with Crippen LogP contribution in [0.2, 0.25) is 5.02 Å². The zero-order chi connectivity index (χ0) is 14.8. The Bertz CT molecular complexity index is 655. The average Bonchev–Trinajstić information content (AvgIpc) is 2.80. The Morgan fingerprint density at radius 3 is 2.90 bits per heavy atom. The van der Waals surface area contributed by atoms with Gasteiger partial charge >= 0.3 is 6.03 Å². The zero-order valence-corrected chi connectivity index (χ0v) is 12.8. The van der Waals surface area contributed by atoms with E-state index in [1.54, 1.807) is 24.3 Å². The highest BCUT2D eigenvalue weighted by Crippen LogP contribution is 2.28. The number of anilines is 2. The predicted molar refractivity (Wildman–Crippen MR) is 85.9 cm³/mol. The number of aromatic nitrogens is 1. The highest BCUT2D eigenvalue weighted by Gasteiger charge is 2.23. The molecule has 1 atom stereocenters. The average molecular weight is 323 g/mol. The third kappa shape index (κ3) is 3.46. The van der Waals surface area contributed by atoms with Crippen LogP contribution in [0.5, 0.6) is 0 Å². The summed E-state index contributed by atoms with van der Waals surface area (Å²) in [4.78, 5) is 17.5. The van der Waals surface area contributed by atoms with Crippen LogP contribution in [-0.2, 0) is 12.8 Å². The van der Waals surface area contributed by atoms with Crippen molar-refractivity contribution in [3.05, 3.63) is 39.9 Å². The fourth-order valence-electron chi connectivity index (χ4n) is 2.40. The number of aryl methyl sites for hydroxylation is 1. The smallest absolute Gasteiger partial charge is 0.319 e. The highest BCUT2D eigenvalue weighted by molar-refractivity contribution is 7.15. The maximum Gasteiger partial charge on any atom is 0.319 e. The van der Waals surface area contributed by atoms with Gasteiger partial charge in [0.15, 0.2) is 5.13 Å². The molecule has 0 radical (unpaired) electrons. The van der Waals surface area contributed by atoms with E-state index >= 15 is 0 Å². The van der Waals surface area contributed by atoms with Gasteiger partial charge in [0, 0.05) is 28.0 Å². The summed E-state index contributed by atoms with van der Waals surface area (Å²) in [6.45, 7) is 0. The van der Waals surface area contributed by atoms with Crippen LogP contribution in [0.3, 0.4) is 0 Å². The van der Waals surface area contributed by atoms with Crippen molar-refractivity contribution >= 4 is 39.8 Å². The van der Waals surface area contributed by atoms with Crippen molar-refractivity contribution in [2.75, 3.05) is 11.1 Å². The second-order valence-corrected chi connectivity index (χ2v) is 6.52. The maximum atomic E-state index is 12.0. The number of thiazole rings is 1. The van der Waals surface area contributed by atoms with Gasteiger partial charge in [-0.25, -0.2) is 9.78 Å². The van der Waals surface area contributed by atoms with E-state index in [1.165, 1.54) is 16.2 Å². The van der Waals surface area contributed by atoms with Crippen LogP contribution in [-0.4, -0.2) is 17.1 Å². The fraction of sp³-hybridized carbons (Fsp3) is 0.286. The molecule has 0 saturated carbocycles. The molecular weight excluding hydrogens is 308 g/mol. The number of hydrogen-bond donors (Lipinski definition) is 3. The summed E-state index contributed by atoms with van der Waals surface area (Å²) in [7, 11) is 0. The number of nitrogen functional groups attached to an aromatic ring is 1. The van der Waals surface area contributed by atoms with Crippen LogP contribution in [0.15, 0.2) is 24.3 Å². The van der Waals surface area contributed by atoms with Crippen molar-refractivity contribution in [1.29, 1.82) is 0 Å². The minimum atomic E-state index is -0.205. The summed E-state index contributed by atoms with van der Waals surface area (Å²) < 4.78 is 0. The van der Waals surface area contributed by atoms with E-state index in [-0.39, 0.29) is 12.1 Å². The number of amides is 2. The van der Waals surface area contributed by atoms with Crippen molar-refractivity contribution in [3.63, 3.8) is 0 Å². The first kappa shape index (κ1) is 14.2. The third-order valence-electron chi connectivity index (χ3n) is 3.39. The summed E-state index contributed by atoms with van der Waals surface area (Å²) >= 11 is 7.32. The van der Waals surface area contributed by atoms with Crippen molar-refractivity contribution in [2.24, 2.45) is 0 Å². The van der Waals surface area contributed by atoms with E-state index in [1.807, 2.05) is 0 Å². The molecule has 0 aliphatic heterocycles. The van der Waals surface area contributed by atoms with Crippen LogP contribution in [0.4, 0.5) is 15.6 Å². The molecule has 4 N–H and O–H groups in total. The van der Waals surface area contributed by atoms with Gasteiger partial charge in [0.25, 0.3) is 0 Å². The highest BCUT2D eigenvalue weighted by atomic mass is 35.5. The summed E-state index contributed by atoms with van der Waals surface area (Å²) in [6.07, 6.45) is 2.53. The number of halogens is 1. The summed E-state index contributed by atoms with van der Waals surface area (Å²) in [5.41, 5.74) is 7.51. The lowest BCUT2D eigenvalue weighted by Gasteiger charge is -2.22. The van der Waals surface area contributed by atoms with Crippen molar-refractivity contribution in [1.82, 2.24) is 10.3 Å². The monoisotopic (exact) mass is 322 g/mol. The molecule has 3 rings (SSSR count). The largest absolute Gasteiger partial charge is 0.375 e. The number of hydrogen-bond acceptors (Lipinski definition) is 4. The number of nitrogens with zero attached hydrogens (tertiary/aromatic N) is 1. The van der Waals surface area contributed by atoms with Gasteiger partial charge in [-0.15, -0.1) is 11.3 Å². The second kappa shape index (κ2) is 5.91. The lowest BCUT2D eigenvalue weighted by molar-refractivity contribution is 0.247. The molecule has 21 heavy (non-hydrogen) atoms. The second-order valence-electron chi connectivity index (χ2n) is 4.97. The molecule has 7 heteroatoms. The number of benzene rings is 1. The molecule has 1 heterocycles. The quantitative estimate of drug-likeness (QED) is 0.795. The maximum absolute atomic E-state index is 12.0. The van der Waals surface area contributed by atoms with Gasteiger partial charge in [-0.2, -0.15) is 0 Å². The number of urea groups is 1. The number of nitrogens with one attached hydrogen (secondary N) is 2. The number of fused-ring (bicyclic) bond motifs is 1. The number of nitrogens with two attached hydrogens (primary N) is 1. The van der Waals surface area contributed by atoms with E-state index in [0.29, 0.717) is 10.2 Å². The summed E-state index contributed by atoms with van der Waals surface area (Å²) in [6, 6.07) is 6.93. The van der Waals surface area contributed by atoms with Gasteiger partial charge < -0.3 is 16.4 Å². The molecule has 110 valence electrons. The Labute approximate surface area is 131 Å². The molecule has 0 fully saturated rings. The van der Waals surface area contributed by atoms with Crippen molar-refractivity contribution < 1.29 is 4.79 Å². The Kier molecular flexibility index (Phi) is 3.98. The Morgan fingerprint density at radius 2 is 2.14 bits per heavy atom. The van der Waals surface area contributed by atoms with Crippen LogP contribution in [0, 0.1) is 0 Å². The minimum Gasteiger partial charge on any atom is -0.375 e. The first-order valence-corrected chi connectivity index (χ1v) is 7.87. The molecule has 0 bridgehead atoms. The molecule has 1 aromatic heterocycles. The van der Waals surface area contributed by atoms with Gasteiger partial charge in [-0.1, -0.05) is 11.6 Å². The number of carbonyl (C=O) groups is 1. The lowest BCUT2D eigenvalue weighted by atomic mass is 9.98. The molecule has 5 nitrogen and oxygen atoms in total. The molecule has 1 aromatic carbocycles. The number of rotatable bonds is 2. The van der Waals surface area contributed by atoms with Gasteiger partial charge in [-0.3, -0.25) is 0 Å². The molecule has 2 amide bonds. The minimum absolute atomic E-state index is 0.115. The zero-order valence-electron chi connectivity index (χ0n) is 11.2. The Balaban J connectivity index is 1.57. The van der Waals surface area contributed by atoms with E-state index in [2.05, 4.69) is 15.6 Å². The first-order chi connectivity index (χ1) is 10.1. The Hall–Kier alpha value is -1.79. The molecule has 0 spiro atoms. The Morgan fingerprint density at radius 1 is 1.38 bits per heavy atom. The topological polar surface area (TPSA) is 80.0 Å². The van der Waals surface area contributed by atoms with E-state index in [4.69, 9.17) is 17.3 Å². The standard InChI is InChI=1S/C14H15ClN4OS/c15-8-1-3-9(4-2-8)17-14(20)18-10-5-6-11-12(7-10)21-13(16)19-11/h1-4,10H,5-7H2,(H2,16,19)(H2,17,18,20)/t10-/m0/s1. The van der Waals surface area contributed by atoms with Crippen LogP contribution in [0.1, 0.15) is 17.0 Å². The molecule has 2 aromatic rings. The van der Waals surface area contributed by atoms with Crippen LogP contribution >= 0.6 is 22.9 Å². The third-order valence-corrected chi connectivity index (χ3v) is 4.59. The van der Waals surface area contributed by atoms with Gasteiger partial charge in [0.05, 0.1) is 5.69 Å². The SMILES string of the molecule is Nc1nc2c(s1)C[C@@H](NC(=O)Nc1ccc(Cl)cc1)CC2. The summed E-state index contributed by atoms with van der Waals surface area (Å²) in [5, 5.41) is 7.03. The van der Waals surface area contributed by atoms with Crippen molar-refractivity contribution in [2.45, 2.75) is 25.3 Å². The van der Waals surface area contributed by atoms with Gasteiger partial charge in [0.2, 0.25) is 0 Å². The van der Waals surface area contributed by atoms with Gasteiger partial charge in [0.1, 0.15) is 0 Å². The fourth-order valence-corrected chi connectivity index (χ4v) is 3.49. The molecule has 0 saturated heterocycles. The number of carbonyl (C=O) groups excluding carboxylic acids is 1. The van der Waals surface area contributed by atoms with E-state index in [9.17, 15) is 4.79 Å². The predicted octanol–water partition coefficient (Wildman–Crippen LogP) is 3.06. The molecule has 1 aliphatic rings. The van der Waals surface area contributed by atoms with Crippen molar-refractivity contribution in [3.8, 4) is 0 Å². The lowest BCUT2D eigenvalue weighted by Crippen LogP contribution is -2.41. The normalized spacial score (nSPS) is 17.1.